The molecule has 1 N–H and O–H groups in total. The van der Waals surface area contributed by atoms with Crippen LogP contribution >= 0.6 is 27.5 Å². The molecule has 1 aliphatic carbocycles. The lowest BCUT2D eigenvalue weighted by Gasteiger charge is -2.30. The first-order valence-corrected chi connectivity index (χ1v) is 7.38. The van der Waals surface area contributed by atoms with E-state index in [1.165, 1.54) is 12.8 Å². The van der Waals surface area contributed by atoms with E-state index in [1.54, 1.807) is 0 Å². The van der Waals surface area contributed by atoms with Crippen molar-refractivity contribution in [1.29, 1.82) is 0 Å². The molecule has 1 aromatic carbocycles. The summed E-state index contributed by atoms with van der Waals surface area (Å²) in [7, 11) is 0. The summed E-state index contributed by atoms with van der Waals surface area (Å²) in [5.41, 5.74) is 0.855. The summed E-state index contributed by atoms with van der Waals surface area (Å²) in [6.07, 6.45) is 4.18. The fourth-order valence-electron chi connectivity index (χ4n) is 2.63. The van der Waals surface area contributed by atoms with Crippen LogP contribution in [0.5, 0.6) is 0 Å². The standard InChI is InChI=1S/C14H18BrClO/c1-9-5-7-10(8-6-9)14(17)13-11(15)3-2-4-12(13)16/h2-4,9-10,14,17H,5-8H2,1H3. The average Bonchev–Trinajstić information content (AvgIpc) is 2.29. The zero-order valence-corrected chi connectivity index (χ0v) is 12.3. The first kappa shape index (κ1) is 13.4. The Balaban J connectivity index is 2.16. The van der Waals surface area contributed by atoms with Crippen molar-refractivity contribution in [2.75, 3.05) is 0 Å². The van der Waals surface area contributed by atoms with Crippen LogP contribution in [0.1, 0.15) is 44.3 Å². The fraction of sp³-hybridized carbons (Fsp3) is 0.571. The maximum absolute atomic E-state index is 10.5. The van der Waals surface area contributed by atoms with Crippen LogP contribution in [0.25, 0.3) is 0 Å². The van der Waals surface area contributed by atoms with Gasteiger partial charge in [0.25, 0.3) is 0 Å². The minimum atomic E-state index is -0.439. The molecule has 0 heterocycles. The lowest BCUT2D eigenvalue weighted by atomic mass is 9.78. The molecule has 0 bridgehead atoms. The van der Waals surface area contributed by atoms with Gasteiger partial charge in [0.05, 0.1) is 6.10 Å². The molecule has 1 aliphatic rings. The maximum Gasteiger partial charge on any atom is 0.0843 e. The maximum atomic E-state index is 10.5. The molecule has 17 heavy (non-hydrogen) atoms. The highest BCUT2D eigenvalue weighted by Crippen LogP contribution is 2.41. The Bertz CT molecular complexity index is 366. The number of aliphatic hydroxyl groups excluding tert-OH is 1. The van der Waals surface area contributed by atoms with Gasteiger partial charge in [-0.1, -0.05) is 53.4 Å². The van der Waals surface area contributed by atoms with Gasteiger partial charge in [-0.2, -0.15) is 0 Å². The van der Waals surface area contributed by atoms with Gasteiger partial charge in [-0.05, 0) is 36.8 Å². The molecule has 1 atom stereocenters. The number of benzene rings is 1. The highest BCUT2D eigenvalue weighted by atomic mass is 79.9. The second-order valence-corrected chi connectivity index (χ2v) is 6.36. The smallest absolute Gasteiger partial charge is 0.0843 e. The zero-order chi connectivity index (χ0) is 12.4. The van der Waals surface area contributed by atoms with Crippen LogP contribution in [0.2, 0.25) is 5.02 Å². The molecule has 2 rings (SSSR count). The van der Waals surface area contributed by atoms with Gasteiger partial charge in [-0.15, -0.1) is 0 Å². The first-order valence-electron chi connectivity index (χ1n) is 6.21. The van der Waals surface area contributed by atoms with E-state index in [-0.39, 0.29) is 0 Å². The third kappa shape index (κ3) is 3.04. The largest absolute Gasteiger partial charge is 0.388 e. The molecule has 1 saturated carbocycles. The lowest BCUT2D eigenvalue weighted by molar-refractivity contribution is 0.0751. The van der Waals surface area contributed by atoms with E-state index in [4.69, 9.17) is 11.6 Å². The highest BCUT2D eigenvalue weighted by Gasteiger charge is 2.28. The minimum Gasteiger partial charge on any atom is -0.388 e. The molecule has 0 aliphatic heterocycles. The van der Waals surface area contributed by atoms with Crippen LogP contribution in [0.3, 0.4) is 0 Å². The molecule has 0 spiro atoms. The molecule has 0 radical (unpaired) electrons. The predicted octanol–water partition coefficient (Wildman–Crippen LogP) is 4.96. The molecular formula is C14H18BrClO. The van der Waals surface area contributed by atoms with Crippen molar-refractivity contribution in [2.45, 2.75) is 38.7 Å². The van der Waals surface area contributed by atoms with E-state index in [2.05, 4.69) is 22.9 Å². The fourth-order valence-corrected chi connectivity index (χ4v) is 3.63. The van der Waals surface area contributed by atoms with Gasteiger partial charge in [0.1, 0.15) is 0 Å². The van der Waals surface area contributed by atoms with Crippen LogP contribution in [-0.4, -0.2) is 5.11 Å². The van der Waals surface area contributed by atoms with Crippen molar-refractivity contribution < 1.29 is 5.11 Å². The zero-order valence-electron chi connectivity index (χ0n) is 10.00. The number of hydrogen-bond donors (Lipinski definition) is 1. The number of hydrogen-bond acceptors (Lipinski definition) is 1. The topological polar surface area (TPSA) is 20.2 Å². The number of aliphatic hydroxyl groups is 1. The molecule has 1 nitrogen and oxygen atoms in total. The van der Waals surface area contributed by atoms with E-state index in [0.717, 1.165) is 28.8 Å². The van der Waals surface area contributed by atoms with Crippen molar-refractivity contribution in [2.24, 2.45) is 11.8 Å². The first-order chi connectivity index (χ1) is 8.09. The van der Waals surface area contributed by atoms with Crippen LogP contribution in [-0.2, 0) is 0 Å². The highest BCUT2D eigenvalue weighted by molar-refractivity contribution is 9.10. The Labute approximate surface area is 116 Å². The van der Waals surface area contributed by atoms with Crippen molar-refractivity contribution in [1.82, 2.24) is 0 Å². The van der Waals surface area contributed by atoms with E-state index < -0.39 is 6.10 Å². The molecule has 0 saturated heterocycles. The van der Waals surface area contributed by atoms with Crippen molar-refractivity contribution in [3.63, 3.8) is 0 Å². The second kappa shape index (κ2) is 5.73. The molecule has 1 aromatic rings. The van der Waals surface area contributed by atoms with E-state index in [1.807, 2.05) is 18.2 Å². The van der Waals surface area contributed by atoms with Crippen molar-refractivity contribution >= 4 is 27.5 Å². The molecule has 94 valence electrons. The second-order valence-electron chi connectivity index (χ2n) is 5.10. The van der Waals surface area contributed by atoms with E-state index in [0.29, 0.717) is 10.9 Å². The van der Waals surface area contributed by atoms with Crippen molar-refractivity contribution in [3.05, 3.63) is 33.3 Å². The molecule has 0 aromatic heterocycles. The Morgan fingerprint density at radius 3 is 2.53 bits per heavy atom. The summed E-state index contributed by atoms with van der Waals surface area (Å²) >= 11 is 9.66. The number of halogens is 2. The van der Waals surface area contributed by atoms with Crippen LogP contribution in [0, 0.1) is 11.8 Å². The molecule has 0 amide bonds. The summed E-state index contributed by atoms with van der Waals surface area (Å²) < 4.78 is 0.913. The van der Waals surface area contributed by atoms with Gasteiger partial charge in [-0.25, -0.2) is 0 Å². The summed E-state index contributed by atoms with van der Waals surface area (Å²) in [5, 5.41) is 11.1. The summed E-state index contributed by atoms with van der Waals surface area (Å²) in [5.74, 6) is 1.15. The van der Waals surface area contributed by atoms with Gasteiger partial charge in [0.15, 0.2) is 0 Å². The van der Waals surface area contributed by atoms with Gasteiger partial charge in [-0.3, -0.25) is 0 Å². The molecule has 1 unspecified atom stereocenters. The molecule has 3 heteroatoms. The predicted molar refractivity (Wildman–Crippen MR) is 75.2 cm³/mol. The monoisotopic (exact) mass is 316 g/mol. The summed E-state index contributed by atoms with van der Waals surface area (Å²) in [6, 6.07) is 5.68. The minimum absolute atomic E-state index is 0.349. The van der Waals surface area contributed by atoms with Crippen LogP contribution in [0.15, 0.2) is 22.7 Å². The Kier molecular flexibility index (Phi) is 4.51. The van der Waals surface area contributed by atoms with Gasteiger partial charge < -0.3 is 5.11 Å². The van der Waals surface area contributed by atoms with Crippen LogP contribution in [0.4, 0.5) is 0 Å². The van der Waals surface area contributed by atoms with Crippen LogP contribution < -0.4 is 0 Å². The third-order valence-electron chi connectivity index (χ3n) is 3.80. The quantitative estimate of drug-likeness (QED) is 0.817. The van der Waals surface area contributed by atoms with E-state index in [9.17, 15) is 5.11 Å². The summed E-state index contributed by atoms with van der Waals surface area (Å²) in [4.78, 5) is 0. The molecular weight excluding hydrogens is 300 g/mol. The van der Waals surface area contributed by atoms with E-state index >= 15 is 0 Å². The lowest BCUT2D eigenvalue weighted by Crippen LogP contribution is -2.19. The van der Waals surface area contributed by atoms with Gasteiger partial charge >= 0.3 is 0 Å². The Hall–Kier alpha value is -0.0500. The normalized spacial score (nSPS) is 26.8. The third-order valence-corrected chi connectivity index (χ3v) is 4.82. The summed E-state index contributed by atoms with van der Waals surface area (Å²) in [6.45, 7) is 2.29. The SMILES string of the molecule is CC1CCC(C(O)c2c(Cl)cccc2Br)CC1. The Morgan fingerprint density at radius 1 is 1.29 bits per heavy atom. The average molecular weight is 318 g/mol. The Morgan fingerprint density at radius 2 is 1.94 bits per heavy atom. The van der Waals surface area contributed by atoms with Crippen molar-refractivity contribution in [3.8, 4) is 0 Å². The van der Waals surface area contributed by atoms with Gasteiger partial charge in [0, 0.05) is 15.1 Å². The number of rotatable bonds is 2. The van der Waals surface area contributed by atoms with Gasteiger partial charge in [0.2, 0.25) is 0 Å². The molecule has 1 fully saturated rings.